The lowest BCUT2D eigenvalue weighted by Gasteiger charge is -2.35. The average molecular weight is 249 g/mol. The maximum Gasteiger partial charge on any atom is 0.225 e. The molecule has 16 heavy (non-hydrogen) atoms. The van der Waals surface area contributed by atoms with Crippen molar-refractivity contribution in [1.82, 2.24) is 10.2 Å². The van der Waals surface area contributed by atoms with Gasteiger partial charge >= 0.3 is 0 Å². The normalized spacial score (nSPS) is 18.3. The van der Waals surface area contributed by atoms with E-state index in [4.69, 9.17) is 0 Å². The Labute approximate surface area is 105 Å². The SMILES string of the molecule is CC(C(=O)N(C)CC(C)(C)C)C1CNC1.Cl. The first-order valence-electron chi connectivity index (χ1n) is 5.77. The molecule has 3 nitrogen and oxygen atoms in total. The standard InChI is InChI=1S/C12H24N2O.ClH/c1-9(10-6-13-7-10)11(15)14(5)8-12(2,3)4;/h9-10,13H,6-8H2,1-5H3;1H. The summed E-state index contributed by atoms with van der Waals surface area (Å²) in [5.41, 5.74) is 0.183. The summed E-state index contributed by atoms with van der Waals surface area (Å²) >= 11 is 0. The van der Waals surface area contributed by atoms with Crippen LogP contribution in [0.1, 0.15) is 27.7 Å². The first-order valence-corrected chi connectivity index (χ1v) is 5.77. The zero-order chi connectivity index (χ0) is 11.6. The Morgan fingerprint density at radius 3 is 2.25 bits per heavy atom. The van der Waals surface area contributed by atoms with E-state index in [-0.39, 0.29) is 29.6 Å². The van der Waals surface area contributed by atoms with Crippen LogP contribution in [0.5, 0.6) is 0 Å². The van der Waals surface area contributed by atoms with E-state index < -0.39 is 0 Å². The Bertz CT molecular complexity index is 234. The second-order valence-electron chi connectivity index (χ2n) is 5.96. The van der Waals surface area contributed by atoms with Crippen LogP contribution in [0, 0.1) is 17.3 Å². The number of nitrogens with zero attached hydrogens (tertiary/aromatic N) is 1. The Kier molecular flexibility index (Phi) is 5.77. The van der Waals surface area contributed by atoms with E-state index in [1.54, 1.807) is 0 Å². The summed E-state index contributed by atoms with van der Waals surface area (Å²) in [7, 11) is 1.91. The lowest BCUT2D eigenvalue weighted by atomic mass is 9.87. The number of carbonyl (C=O) groups excluding carboxylic acids is 1. The Balaban J connectivity index is 0.00000225. The molecular formula is C12H25ClN2O. The lowest BCUT2D eigenvalue weighted by Crippen LogP contribution is -2.50. The molecule has 0 radical (unpaired) electrons. The lowest BCUT2D eigenvalue weighted by molar-refractivity contribution is -0.137. The molecule has 4 heteroatoms. The molecule has 1 amide bonds. The van der Waals surface area contributed by atoms with Gasteiger partial charge in [-0.25, -0.2) is 0 Å². The van der Waals surface area contributed by atoms with Crippen LogP contribution in [-0.2, 0) is 4.79 Å². The van der Waals surface area contributed by atoms with Crippen LogP contribution < -0.4 is 5.32 Å². The van der Waals surface area contributed by atoms with Crippen LogP contribution in [-0.4, -0.2) is 37.5 Å². The summed E-state index contributed by atoms with van der Waals surface area (Å²) < 4.78 is 0. The minimum absolute atomic E-state index is 0. The Hall–Kier alpha value is -0.280. The van der Waals surface area contributed by atoms with Gasteiger partial charge in [0, 0.05) is 19.5 Å². The molecule has 1 N–H and O–H groups in total. The van der Waals surface area contributed by atoms with Gasteiger partial charge in [-0.15, -0.1) is 12.4 Å². The fourth-order valence-corrected chi connectivity index (χ4v) is 2.00. The molecule has 0 aromatic rings. The van der Waals surface area contributed by atoms with Crippen molar-refractivity contribution in [2.24, 2.45) is 17.3 Å². The van der Waals surface area contributed by atoms with Gasteiger partial charge in [-0.05, 0) is 24.4 Å². The van der Waals surface area contributed by atoms with E-state index in [0.717, 1.165) is 19.6 Å². The summed E-state index contributed by atoms with van der Waals surface area (Å²) in [4.78, 5) is 13.9. The number of nitrogens with one attached hydrogen (secondary N) is 1. The van der Waals surface area contributed by atoms with Crippen LogP contribution in [0.3, 0.4) is 0 Å². The fraction of sp³-hybridized carbons (Fsp3) is 0.917. The van der Waals surface area contributed by atoms with Gasteiger partial charge in [-0.2, -0.15) is 0 Å². The van der Waals surface area contributed by atoms with E-state index in [9.17, 15) is 4.79 Å². The highest BCUT2D eigenvalue weighted by Crippen LogP contribution is 2.20. The smallest absolute Gasteiger partial charge is 0.225 e. The quantitative estimate of drug-likeness (QED) is 0.826. The van der Waals surface area contributed by atoms with Crippen molar-refractivity contribution in [1.29, 1.82) is 0 Å². The Morgan fingerprint density at radius 2 is 1.94 bits per heavy atom. The van der Waals surface area contributed by atoms with Crippen LogP contribution >= 0.6 is 12.4 Å². The minimum Gasteiger partial charge on any atom is -0.345 e. The van der Waals surface area contributed by atoms with Crippen molar-refractivity contribution in [2.75, 3.05) is 26.7 Å². The van der Waals surface area contributed by atoms with Crippen molar-refractivity contribution < 1.29 is 4.79 Å². The molecule has 0 saturated carbocycles. The summed E-state index contributed by atoms with van der Waals surface area (Å²) in [6.07, 6.45) is 0. The van der Waals surface area contributed by atoms with Crippen molar-refractivity contribution in [3.05, 3.63) is 0 Å². The topological polar surface area (TPSA) is 32.3 Å². The number of amides is 1. The molecule has 1 rings (SSSR count). The first kappa shape index (κ1) is 15.7. The number of hydrogen-bond acceptors (Lipinski definition) is 2. The van der Waals surface area contributed by atoms with Crippen molar-refractivity contribution in [2.45, 2.75) is 27.7 Å². The van der Waals surface area contributed by atoms with E-state index in [2.05, 4.69) is 26.1 Å². The first-order chi connectivity index (χ1) is 6.81. The molecule has 1 fully saturated rings. The predicted octanol–water partition coefficient (Wildman–Crippen LogP) is 1.77. The molecule has 0 bridgehead atoms. The maximum atomic E-state index is 12.1. The molecule has 96 valence electrons. The molecule has 1 aliphatic heterocycles. The molecule has 1 atom stereocenters. The third-order valence-electron chi connectivity index (χ3n) is 3.00. The average Bonchev–Trinajstić information content (AvgIpc) is 1.96. The summed E-state index contributed by atoms with van der Waals surface area (Å²) in [6.45, 7) is 11.3. The maximum absolute atomic E-state index is 12.1. The predicted molar refractivity (Wildman–Crippen MR) is 69.9 cm³/mol. The fourth-order valence-electron chi connectivity index (χ4n) is 2.00. The number of halogens is 1. The highest BCUT2D eigenvalue weighted by atomic mass is 35.5. The number of rotatable bonds is 3. The van der Waals surface area contributed by atoms with Gasteiger partial charge in [0.15, 0.2) is 0 Å². The van der Waals surface area contributed by atoms with Crippen molar-refractivity contribution in [3.8, 4) is 0 Å². The van der Waals surface area contributed by atoms with Crippen LogP contribution in [0.25, 0.3) is 0 Å². The highest BCUT2D eigenvalue weighted by Gasteiger charge is 2.31. The third-order valence-corrected chi connectivity index (χ3v) is 3.00. The van der Waals surface area contributed by atoms with Gasteiger partial charge in [0.05, 0.1) is 0 Å². The second kappa shape index (κ2) is 5.87. The summed E-state index contributed by atoms with van der Waals surface area (Å²) in [5, 5.41) is 3.21. The van der Waals surface area contributed by atoms with Crippen LogP contribution in [0.4, 0.5) is 0 Å². The zero-order valence-corrected chi connectivity index (χ0v) is 11.9. The molecule has 1 aliphatic rings. The van der Waals surface area contributed by atoms with Crippen LogP contribution in [0.15, 0.2) is 0 Å². The molecule has 0 aliphatic carbocycles. The minimum atomic E-state index is 0. The molecule has 1 saturated heterocycles. The van der Waals surface area contributed by atoms with E-state index in [1.807, 2.05) is 18.9 Å². The molecule has 0 aromatic carbocycles. The molecule has 0 spiro atoms. The monoisotopic (exact) mass is 248 g/mol. The highest BCUT2D eigenvalue weighted by molar-refractivity contribution is 5.85. The second-order valence-corrected chi connectivity index (χ2v) is 5.96. The summed E-state index contributed by atoms with van der Waals surface area (Å²) in [5.74, 6) is 0.995. The van der Waals surface area contributed by atoms with Gasteiger partial charge in [-0.1, -0.05) is 27.7 Å². The largest absolute Gasteiger partial charge is 0.345 e. The number of hydrogen-bond donors (Lipinski definition) is 1. The van der Waals surface area contributed by atoms with E-state index in [0.29, 0.717) is 5.92 Å². The molecule has 0 aromatic heterocycles. The third kappa shape index (κ3) is 4.30. The van der Waals surface area contributed by atoms with Gasteiger partial charge in [-0.3, -0.25) is 4.79 Å². The summed E-state index contributed by atoms with van der Waals surface area (Å²) in [6, 6.07) is 0. The Morgan fingerprint density at radius 1 is 1.44 bits per heavy atom. The van der Waals surface area contributed by atoms with Crippen LogP contribution in [0.2, 0.25) is 0 Å². The number of carbonyl (C=O) groups is 1. The van der Waals surface area contributed by atoms with Crippen molar-refractivity contribution in [3.63, 3.8) is 0 Å². The van der Waals surface area contributed by atoms with Gasteiger partial charge in [0.25, 0.3) is 0 Å². The molecule has 1 heterocycles. The van der Waals surface area contributed by atoms with Gasteiger partial charge < -0.3 is 10.2 Å². The van der Waals surface area contributed by atoms with E-state index >= 15 is 0 Å². The van der Waals surface area contributed by atoms with Gasteiger partial charge in [0.1, 0.15) is 0 Å². The molecule has 1 unspecified atom stereocenters. The van der Waals surface area contributed by atoms with Gasteiger partial charge in [0.2, 0.25) is 5.91 Å². The van der Waals surface area contributed by atoms with E-state index in [1.165, 1.54) is 0 Å². The molecular weight excluding hydrogens is 224 g/mol. The zero-order valence-electron chi connectivity index (χ0n) is 11.0. The van der Waals surface area contributed by atoms with Crippen molar-refractivity contribution >= 4 is 18.3 Å².